The smallest absolute Gasteiger partial charge is 0.431 e. The lowest BCUT2D eigenvalue weighted by molar-refractivity contribution is -0.0965. The summed E-state index contributed by atoms with van der Waals surface area (Å²) in [6, 6.07) is 0. The van der Waals surface area contributed by atoms with Gasteiger partial charge < -0.3 is 14.6 Å². The Kier molecular flexibility index (Phi) is 11.1. The minimum absolute atomic E-state index is 0.0885. The minimum Gasteiger partial charge on any atom is -0.431 e. The van der Waals surface area contributed by atoms with E-state index < -0.39 is 18.4 Å². The summed E-state index contributed by atoms with van der Waals surface area (Å²) in [5, 5.41) is 9.54. The molecule has 0 aliphatic carbocycles. The molecular formula is C19H36O4. The van der Waals surface area contributed by atoms with Gasteiger partial charge in [-0.15, -0.1) is 0 Å². The van der Waals surface area contributed by atoms with Crippen molar-refractivity contribution < 1.29 is 19.4 Å². The van der Waals surface area contributed by atoms with Crippen LogP contribution >= 0.6 is 0 Å². The second-order valence-corrected chi connectivity index (χ2v) is 6.95. The van der Waals surface area contributed by atoms with Crippen molar-refractivity contribution in [2.45, 2.75) is 116 Å². The Balaban J connectivity index is 1.93. The first-order chi connectivity index (χ1) is 11.1. The third-order valence-electron chi connectivity index (χ3n) is 4.67. The lowest BCUT2D eigenvalue weighted by atomic mass is 10.00. The third-order valence-corrected chi connectivity index (χ3v) is 4.67. The second kappa shape index (κ2) is 12.6. The van der Waals surface area contributed by atoms with Crippen molar-refractivity contribution in [2.75, 3.05) is 0 Å². The molecule has 0 radical (unpaired) electrons. The Morgan fingerprint density at radius 2 is 1.48 bits per heavy atom. The molecule has 1 saturated heterocycles. The first-order valence-electron chi connectivity index (χ1n) is 9.68. The van der Waals surface area contributed by atoms with Crippen LogP contribution in [0.3, 0.4) is 0 Å². The molecule has 0 aromatic carbocycles. The zero-order valence-electron chi connectivity index (χ0n) is 15.1. The Labute approximate surface area is 141 Å². The van der Waals surface area contributed by atoms with Crippen LogP contribution in [0.25, 0.3) is 0 Å². The molecule has 4 heteroatoms. The molecule has 0 amide bonds. The van der Waals surface area contributed by atoms with Gasteiger partial charge in [0.1, 0.15) is 12.2 Å². The zero-order chi connectivity index (χ0) is 16.9. The van der Waals surface area contributed by atoms with Crippen molar-refractivity contribution >= 4 is 6.16 Å². The molecule has 0 saturated carbocycles. The summed E-state index contributed by atoms with van der Waals surface area (Å²) in [5.41, 5.74) is 0. The van der Waals surface area contributed by atoms with Crippen LogP contribution in [0, 0.1) is 0 Å². The fourth-order valence-electron chi connectivity index (χ4n) is 3.15. The highest BCUT2D eigenvalue weighted by atomic mass is 16.7. The van der Waals surface area contributed by atoms with Gasteiger partial charge in [-0.25, -0.2) is 4.79 Å². The summed E-state index contributed by atoms with van der Waals surface area (Å²) in [6.07, 6.45) is 14.2. The van der Waals surface area contributed by atoms with Gasteiger partial charge in [0.25, 0.3) is 0 Å². The van der Waals surface area contributed by atoms with Crippen LogP contribution in [0.15, 0.2) is 0 Å². The fourth-order valence-corrected chi connectivity index (χ4v) is 3.15. The molecule has 0 aromatic heterocycles. The summed E-state index contributed by atoms with van der Waals surface area (Å²) < 4.78 is 10.2. The van der Waals surface area contributed by atoms with Crippen molar-refractivity contribution in [3.05, 3.63) is 0 Å². The number of rotatable bonds is 13. The SMILES string of the molecule is CCCCCCCCCCCCC[C@@H]1C[C@@H]([C@@H](C)O)OC(=O)O1. The Morgan fingerprint density at radius 3 is 2.00 bits per heavy atom. The number of hydrogen-bond acceptors (Lipinski definition) is 4. The van der Waals surface area contributed by atoms with Crippen LogP contribution in [-0.4, -0.2) is 29.6 Å². The van der Waals surface area contributed by atoms with Gasteiger partial charge in [0, 0.05) is 6.42 Å². The van der Waals surface area contributed by atoms with Crippen molar-refractivity contribution in [3.8, 4) is 0 Å². The fraction of sp³-hybridized carbons (Fsp3) is 0.947. The van der Waals surface area contributed by atoms with E-state index in [4.69, 9.17) is 9.47 Å². The van der Waals surface area contributed by atoms with Crippen molar-refractivity contribution in [1.82, 2.24) is 0 Å². The van der Waals surface area contributed by atoms with Crippen LogP contribution in [-0.2, 0) is 9.47 Å². The highest BCUT2D eigenvalue weighted by molar-refractivity contribution is 5.61. The van der Waals surface area contributed by atoms with Gasteiger partial charge in [-0.1, -0.05) is 71.1 Å². The van der Waals surface area contributed by atoms with E-state index in [1.54, 1.807) is 6.92 Å². The van der Waals surface area contributed by atoms with Crippen LogP contribution in [0.5, 0.6) is 0 Å². The van der Waals surface area contributed by atoms with E-state index in [1.165, 1.54) is 64.2 Å². The molecule has 23 heavy (non-hydrogen) atoms. The Bertz CT molecular complexity index is 304. The molecule has 1 fully saturated rings. The van der Waals surface area contributed by atoms with E-state index >= 15 is 0 Å². The van der Waals surface area contributed by atoms with Crippen LogP contribution in [0.2, 0.25) is 0 Å². The Morgan fingerprint density at radius 1 is 0.957 bits per heavy atom. The summed E-state index contributed by atoms with van der Waals surface area (Å²) in [6.45, 7) is 3.91. The Hall–Kier alpha value is -0.770. The molecule has 0 unspecified atom stereocenters. The summed E-state index contributed by atoms with van der Waals surface area (Å²) >= 11 is 0. The van der Waals surface area contributed by atoms with Crippen LogP contribution in [0.1, 0.15) is 97.3 Å². The number of ether oxygens (including phenoxy) is 2. The van der Waals surface area contributed by atoms with E-state index in [0.29, 0.717) is 6.42 Å². The highest BCUT2D eigenvalue weighted by Crippen LogP contribution is 2.22. The van der Waals surface area contributed by atoms with E-state index in [9.17, 15) is 9.90 Å². The molecule has 0 spiro atoms. The van der Waals surface area contributed by atoms with E-state index in [2.05, 4.69) is 6.92 Å². The van der Waals surface area contributed by atoms with Gasteiger partial charge in [0.05, 0.1) is 6.10 Å². The summed E-state index contributed by atoms with van der Waals surface area (Å²) in [4.78, 5) is 11.3. The largest absolute Gasteiger partial charge is 0.508 e. The number of carbonyl (C=O) groups excluding carboxylic acids is 1. The first-order valence-corrected chi connectivity index (χ1v) is 9.68. The van der Waals surface area contributed by atoms with Crippen molar-refractivity contribution in [2.24, 2.45) is 0 Å². The second-order valence-electron chi connectivity index (χ2n) is 6.95. The van der Waals surface area contributed by atoms with Gasteiger partial charge >= 0.3 is 6.16 Å². The maximum Gasteiger partial charge on any atom is 0.508 e. The molecule has 1 N–H and O–H groups in total. The molecule has 4 nitrogen and oxygen atoms in total. The summed E-state index contributed by atoms with van der Waals surface area (Å²) in [5.74, 6) is 0. The molecular weight excluding hydrogens is 292 g/mol. The van der Waals surface area contributed by atoms with Gasteiger partial charge in [-0.3, -0.25) is 0 Å². The van der Waals surface area contributed by atoms with Gasteiger partial charge in [-0.2, -0.15) is 0 Å². The maximum atomic E-state index is 11.3. The van der Waals surface area contributed by atoms with Gasteiger partial charge in [0.2, 0.25) is 0 Å². The third kappa shape index (κ3) is 9.85. The highest BCUT2D eigenvalue weighted by Gasteiger charge is 2.32. The normalized spacial score (nSPS) is 22.5. The van der Waals surface area contributed by atoms with E-state index in [0.717, 1.165) is 12.8 Å². The van der Waals surface area contributed by atoms with Crippen LogP contribution < -0.4 is 0 Å². The van der Waals surface area contributed by atoms with E-state index in [1.807, 2.05) is 0 Å². The maximum absolute atomic E-state index is 11.3. The standard InChI is InChI=1S/C19H36O4/c1-3-4-5-6-7-8-9-10-11-12-13-14-17-15-18(16(2)20)23-19(21)22-17/h16-18,20H,3-15H2,1-2H3/t16-,17-,18+/m1/s1. The number of aliphatic hydroxyl groups is 1. The number of carbonyl (C=O) groups is 1. The number of hydrogen-bond donors (Lipinski definition) is 1. The van der Waals surface area contributed by atoms with Gasteiger partial charge in [0.15, 0.2) is 0 Å². The first kappa shape index (κ1) is 20.3. The molecule has 0 aromatic rings. The summed E-state index contributed by atoms with van der Waals surface area (Å²) in [7, 11) is 0. The van der Waals surface area contributed by atoms with Crippen molar-refractivity contribution in [3.63, 3.8) is 0 Å². The lowest BCUT2D eigenvalue weighted by Gasteiger charge is -2.30. The van der Waals surface area contributed by atoms with Crippen molar-refractivity contribution in [1.29, 1.82) is 0 Å². The van der Waals surface area contributed by atoms with Gasteiger partial charge in [-0.05, 0) is 19.8 Å². The number of unbranched alkanes of at least 4 members (excludes halogenated alkanes) is 10. The predicted molar refractivity (Wildman–Crippen MR) is 92.5 cm³/mol. The predicted octanol–water partition coefficient (Wildman–Crippen LogP) is 5.36. The average Bonchev–Trinajstić information content (AvgIpc) is 2.52. The molecule has 1 aliphatic heterocycles. The lowest BCUT2D eigenvalue weighted by Crippen LogP contribution is -2.40. The number of aliphatic hydroxyl groups excluding tert-OH is 1. The molecule has 1 heterocycles. The molecule has 3 atom stereocenters. The number of cyclic esters (lactones) is 2. The molecule has 1 aliphatic rings. The van der Waals surface area contributed by atoms with Crippen LogP contribution in [0.4, 0.5) is 4.79 Å². The zero-order valence-corrected chi connectivity index (χ0v) is 15.1. The van der Waals surface area contributed by atoms with E-state index in [-0.39, 0.29) is 6.10 Å². The molecule has 136 valence electrons. The molecule has 1 rings (SSSR count). The monoisotopic (exact) mass is 328 g/mol. The molecule has 0 bridgehead atoms. The average molecular weight is 328 g/mol. The quantitative estimate of drug-likeness (QED) is 0.365. The topological polar surface area (TPSA) is 55.8 Å². The minimum atomic E-state index is -0.629.